The van der Waals surface area contributed by atoms with Gasteiger partial charge in [-0.1, -0.05) is 23.7 Å². The molecule has 0 saturated carbocycles. The van der Waals surface area contributed by atoms with Crippen LogP contribution in [0.2, 0.25) is 5.02 Å². The Bertz CT molecular complexity index is 837. The van der Waals surface area contributed by atoms with Crippen molar-refractivity contribution in [2.45, 2.75) is 32.4 Å². The monoisotopic (exact) mass is 575 g/mol. The fourth-order valence-corrected chi connectivity index (χ4v) is 4.01. The maximum absolute atomic E-state index is 14.8. The zero-order valence-corrected chi connectivity index (χ0v) is 21.6. The van der Waals surface area contributed by atoms with E-state index in [2.05, 4.69) is 20.5 Å². The van der Waals surface area contributed by atoms with Gasteiger partial charge in [-0.25, -0.2) is 4.39 Å². The van der Waals surface area contributed by atoms with Gasteiger partial charge in [-0.2, -0.15) is 0 Å². The molecule has 2 N–H and O–H groups in total. The predicted molar refractivity (Wildman–Crippen MR) is 138 cm³/mol. The molecule has 0 spiro atoms. The minimum atomic E-state index is -0.306. The van der Waals surface area contributed by atoms with Crippen molar-refractivity contribution in [1.82, 2.24) is 20.5 Å². The van der Waals surface area contributed by atoms with E-state index in [9.17, 15) is 4.39 Å². The fourth-order valence-electron chi connectivity index (χ4n) is 3.72. The summed E-state index contributed by atoms with van der Waals surface area (Å²) in [6.45, 7) is 7.87. The Morgan fingerprint density at radius 1 is 1.31 bits per heavy atom. The number of hydrogen-bond acceptors (Lipinski definition) is 4. The minimum absolute atomic E-state index is 0. The Hall–Kier alpha value is -1.49. The van der Waals surface area contributed by atoms with E-state index in [-0.39, 0.29) is 41.9 Å². The zero-order valence-electron chi connectivity index (χ0n) is 18.6. The van der Waals surface area contributed by atoms with Gasteiger partial charge in [-0.3, -0.25) is 14.9 Å². The average Bonchev–Trinajstić information content (AvgIpc) is 2.76. The topological polar surface area (TPSA) is 61.8 Å². The molecule has 32 heavy (non-hydrogen) atoms. The molecule has 2 heterocycles. The summed E-state index contributed by atoms with van der Waals surface area (Å²) >= 11 is 6.42. The summed E-state index contributed by atoms with van der Waals surface area (Å²) in [6.07, 6.45) is 2.66. The second-order valence-electron chi connectivity index (χ2n) is 7.54. The Morgan fingerprint density at radius 2 is 2.16 bits per heavy atom. The van der Waals surface area contributed by atoms with Crippen molar-refractivity contribution in [2.24, 2.45) is 4.99 Å². The molecule has 1 aromatic heterocycles. The normalized spacial score (nSPS) is 18.0. The Balaban J connectivity index is 0.00000363. The number of halogens is 3. The highest BCUT2D eigenvalue weighted by Gasteiger charge is 2.29. The van der Waals surface area contributed by atoms with Crippen LogP contribution in [0.4, 0.5) is 4.39 Å². The molecule has 2 aromatic rings. The lowest BCUT2D eigenvalue weighted by Crippen LogP contribution is -2.45. The molecule has 9 heteroatoms. The molecule has 0 radical (unpaired) electrons. The van der Waals surface area contributed by atoms with Crippen molar-refractivity contribution in [3.05, 3.63) is 64.7 Å². The van der Waals surface area contributed by atoms with Crippen molar-refractivity contribution >= 4 is 41.5 Å². The van der Waals surface area contributed by atoms with Crippen LogP contribution in [0.15, 0.2) is 47.6 Å². The standard InChI is InChI=1S/C23H31ClFN5O.HI/c1-3-26-23(28-12-10-18-7-4-5-11-27-18)29-15-21(30-13-14-31-17(2)16-30)22-19(24)8-6-9-20(22)25;/h4-9,11,17,21H,3,10,12-16H2,1-2H3,(H2,26,28,29);1H. The predicted octanol–water partition coefficient (Wildman–Crippen LogP) is 4.05. The third-order valence-electron chi connectivity index (χ3n) is 5.21. The van der Waals surface area contributed by atoms with Crippen LogP contribution in [-0.2, 0) is 11.2 Å². The summed E-state index contributed by atoms with van der Waals surface area (Å²) in [5.74, 6) is 0.386. The number of pyridine rings is 1. The number of morpholine rings is 1. The quantitative estimate of drug-likeness (QED) is 0.283. The Labute approximate surface area is 212 Å². The first-order valence-corrected chi connectivity index (χ1v) is 11.2. The van der Waals surface area contributed by atoms with E-state index in [1.54, 1.807) is 18.3 Å². The summed E-state index contributed by atoms with van der Waals surface area (Å²) < 4.78 is 20.5. The molecule has 176 valence electrons. The third-order valence-corrected chi connectivity index (χ3v) is 5.54. The number of nitrogens with one attached hydrogen (secondary N) is 2. The second kappa shape index (κ2) is 13.9. The molecular formula is C23H32ClFIN5O. The molecule has 1 aliphatic heterocycles. The highest BCUT2D eigenvalue weighted by molar-refractivity contribution is 14.0. The Kier molecular flexibility index (Phi) is 11.6. The molecule has 2 unspecified atom stereocenters. The molecular weight excluding hydrogens is 544 g/mol. The summed E-state index contributed by atoms with van der Waals surface area (Å²) in [6, 6.07) is 10.4. The van der Waals surface area contributed by atoms with Gasteiger partial charge >= 0.3 is 0 Å². The average molecular weight is 576 g/mol. The van der Waals surface area contributed by atoms with Crippen LogP contribution in [-0.4, -0.2) is 61.3 Å². The van der Waals surface area contributed by atoms with E-state index >= 15 is 0 Å². The van der Waals surface area contributed by atoms with Gasteiger partial charge in [0.05, 0.1) is 25.3 Å². The highest BCUT2D eigenvalue weighted by atomic mass is 127. The van der Waals surface area contributed by atoms with Crippen LogP contribution < -0.4 is 10.6 Å². The molecule has 2 atom stereocenters. The summed E-state index contributed by atoms with van der Waals surface area (Å²) in [4.78, 5) is 11.3. The first kappa shape index (κ1) is 26.8. The van der Waals surface area contributed by atoms with Crippen molar-refractivity contribution in [3.8, 4) is 0 Å². The van der Waals surface area contributed by atoms with Gasteiger partial charge in [-0.05, 0) is 38.1 Å². The van der Waals surface area contributed by atoms with Crippen molar-refractivity contribution in [2.75, 3.05) is 39.3 Å². The summed E-state index contributed by atoms with van der Waals surface area (Å²) in [5, 5.41) is 7.03. The molecule has 1 aromatic carbocycles. The summed E-state index contributed by atoms with van der Waals surface area (Å²) in [5.41, 5.74) is 1.51. The SMILES string of the molecule is CCNC(=NCC(c1c(F)cccc1Cl)N1CCOC(C)C1)NCCc1ccccn1.I. The van der Waals surface area contributed by atoms with Gasteiger partial charge < -0.3 is 15.4 Å². The maximum Gasteiger partial charge on any atom is 0.191 e. The zero-order chi connectivity index (χ0) is 22.1. The number of ether oxygens (including phenoxy) is 1. The van der Waals surface area contributed by atoms with Crippen molar-refractivity contribution in [3.63, 3.8) is 0 Å². The Morgan fingerprint density at radius 3 is 2.84 bits per heavy atom. The molecule has 0 amide bonds. The van der Waals surface area contributed by atoms with Gasteiger partial charge in [0.15, 0.2) is 5.96 Å². The van der Waals surface area contributed by atoms with Crippen LogP contribution in [0.5, 0.6) is 0 Å². The van der Waals surface area contributed by atoms with Gasteiger partial charge in [0.25, 0.3) is 0 Å². The van der Waals surface area contributed by atoms with Crippen molar-refractivity contribution in [1.29, 1.82) is 0 Å². The van der Waals surface area contributed by atoms with Crippen LogP contribution in [0.3, 0.4) is 0 Å². The van der Waals surface area contributed by atoms with E-state index < -0.39 is 0 Å². The lowest BCUT2D eigenvalue weighted by atomic mass is 10.0. The van der Waals surface area contributed by atoms with E-state index in [0.717, 1.165) is 18.7 Å². The molecule has 3 rings (SSSR count). The van der Waals surface area contributed by atoms with E-state index in [0.29, 0.717) is 49.3 Å². The van der Waals surface area contributed by atoms with Gasteiger partial charge in [-0.15, -0.1) is 24.0 Å². The number of nitrogens with zero attached hydrogens (tertiary/aromatic N) is 3. The third kappa shape index (κ3) is 7.83. The molecule has 1 fully saturated rings. The van der Waals surface area contributed by atoms with Gasteiger partial charge in [0, 0.05) is 55.1 Å². The largest absolute Gasteiger partial charge is 0.376 e. The minimum Gasteiger partial charge on any atom is -0.376 e. The lowest BCUT2D eigenvalue weighted by Gasteiger charge is -2.37. The molecule has 6 nitrogen and oxygen atoms in total. The molecule has 0 aliphatic carbocycles. The van der Waals surface area contributed by atoms with Crippen molar-refractivity contribution < 1.29 is 9.13 Å². The van der Waals surface area contributed by atoms with Crippen LogP contribution in [0.1, 0.15) is 31.1 Å². The molecule has 1 saturated heterocycles. The summed E-state index contributed by atoms with van der Waals surface area (Å²) in [7, 11) is 0. The van der Waals surface area contributed by atoms with E-state index in [1.165, 1.54) is 6.07 Å². The van der Waals surface area contributed by atoms with Crippen LogP contribution in [0.25, 0.3) is 0 Å². The number of guanidine groups is 1. The van der Waals surface area contributed by atoms with Crippen LogP contribution in [0, 0.1) is 5.82 Å². The second-order valence-corrected chi connectivity index (χ2v) is 7.95. The van der Waals surface area contributed by atoms with Gasteiger partial charge in [0.1, 0.15) is 5.82 Å². The highest BCUT2D eigenvalue weighted by Crippen LogP contribution is 2.31. The molecule has 0 bridgehead atoms. The lowest BCUT2D eigenvalue weighted by molar-refractivity contribution is -0.0336. The van der Waals surface area contributed by atoms with E-state index in [1.807, 2.05) is 32.0 Å². The number of aliphatic imine (C=N–C) groups is 1. The first-order chi connectivity index (χ1) is 15.1. The van der Waals surface area contributed by atoms with Crippen LogP contribution >= 0.6 is 35.6 Å². The number of hydrogen-bond donors (Lipinski definition) is 2. The molecule has 1 aliphatic rings. The van der Waals surface area contributed by atoms with Gasteiger partial charge in [0.2, 0.25) is 0 Å². The smallest absolute Gasteiger partial charge is 0.191 e. The van der Waals surface area contributed by atoms with E-state index in [4.69, 9.17) is 21.3 Å². The first-order valence-electron chi connectivity index (χ1n) is 10.8. The number of rotatable bonds is 8. The number of aromatic nitrogens is 1. The fraction of sp³-hybridized carbons (Fsp3) is 0.478. The maximum atomic E-state index is 14.8. The number of benzene rings is 1.